The monoisotopic (exact) mass is 373 g/mol. The molecular formula is C21H27NO5. The summed E-state index contributed by atoms with van der Waals surface area (Å²) in [4.78, 5) is 11.5. The normalized spacial score (nSPS) is 13.7. The highest BCUT2D eigenvalue weighted by Gasteiger charge is 2.23. The first-order valence-corrected chi connectivity index (χ1v) is 8.80. The Balaban J connectivity index is 2.27. The molecule has 0 bridgehead atoms. The van der Waals surface area contributed by atoms with E-state index in [2.05, 4.69) is 5.32 Å². The number of rotatable bonds is 7. The first kappa shape index (κ1) is 20.7. The summed E-state index contributed by atoms with van der Waals surface area (Å²) in [6.45, 7) is 7.63. The number of esters is 1. The van der Waals surface area contributed by atoms with E-state index < -0.39 is 18.4 Å². The third kappa shape index (κ3) is 6.58. The molecule has 3 N–H and O–H groups in total. The molecule has 2 unspecified atom stereocenters. The molecule has 0 saturated carbocycles. The number of carbonyl (C=O) groups excluding carboxylic acids is 1. The molecule has 27 heavy (non-hydrogen) atoms. The van der Waals surface area contributed by atoms with Gasteiger partial charge in [-0.25, -0.2) is 0 Å². The van der Waals surface area contributed by atoms with Gasteiger partial charge in [0.05, 0.1) is 11.7 Å². The maximum Gasteiger partial charge on any atom is 0.305 e. The minimum atomic E-state index is -1.13. The minimum absolute atomic E-state index is 0.0862. The third-order valence-corrected chi connectivity index (χ3v) is 3.78. The van der Waals surface area contributed by atoms with Gasteiger partial charge in [0.15, 0.2) is 0 Å². The number of nitrogens with one attached hydrogen (secondary N) is 1. The first-order valence-electron chi connectivity index (χ1n) is 8.80. The van der Waals surface area contributed by atoms with Crippen molar-refractivity contribution in [1.29, 1.82) is 0 Å². The standard InChI is InChI=1S/C21H27NO5/c1-14(23)26-20(27-16-8-6-5-7-9-16)17-12-15(10-11-18(17)24)19(25)13-22-21(2,3)4/h5-12,19-20,22,24-25H,13H2,1-4H3. The zero-order valence-corrected chi connectivity index (χ0v) is 16.1. The quantitative estimate of drug-likeness (QED) is 0.509. The Morgan fingerprint density at radius 2 is 1.81 bits per heavy atom. The summed E-state index contributed by atoms with van der Waals surface area (Å²) >= 11 is 0. The number of hydrogen-bond acceptors (Lipinski definition) is 6. The molecule has 0 radical (unpaired) electrons. The number of aromatic hydroxyl groups is 1. The lowest BCUT2D eigenvalue weighted by Crippen LogP contribution is -2.38. The zero-order valence-electron chi connectivity index (χ0n) is 16.1. The van der Waals surface area contributed by atoms with Gasteiger partial charge in [0.2, 0.25) is 0 Å². The Kier molecular flexibility index (Phi) is 6.82. The van der Waals surface area contributed by atoms with Gasteiger partial charge in [-0.05, 0) is 50.6 Å². The fourth-order valence-corrected chi connectivity index (χ4v) is 2.41. The average molecular weight is 373 g/mol. The van der Waals surface area contributed by atoms with Gasteiger partial charge in [-0.1, -0.05) is 24.3 Å². The number of carbonyl (C=O) groups is 1. The number of ether oxygens (including phenoxy) is 2. The van der Waals surface area contributed by atoms with Crippen LogP contribution in [0.4, 0.5) is 0 Å². The van der Waals surface area contributed by atoms with Crippen molar-refractivity contribution in [3.05, 3.63) is 59.7 Å². The van der Waals surface area contributed by atoms with Crippen molar-refractivity contribution < 1.29 is 24.5 Å². The maximum atomic E-state index is 11.5. The molecule has 0 amide bonds. The Morgan fingerprint density at radius 1 is 1.15 bits per heavy atom. The lowest BCUT2D eigenvalue weighted by molar-refractivity contribution is -0.162. The molecule has 0 fully saturated rings. The summed E-state index contributed by atoms with van der Waals surface area (Å²) in [5.41, 5.74) is 0.701. The number of aliphatic hydroxyl groups excluding tert-OH is 1. The van der Waals surface area contributed by atoms with Crippen molar-refractivity contribution in [3.8, 4) is 11.5 Å². The Morgan fingerprint density at radius 3 is 2.41 bits per heavy atom. The molecule has 0 aromatic heterocycles. The molecule has 0 heterocycles. The predicted octanol–water partition coefficient (Wildman–Crippen LogP) is 3.45. The van der Waals surface area contributed by atoms with E-state index in [-0.39, 0.29) is 16.9 Å². The van der Waals surface area contributed by atoms with E-state index in [0.717, 1.165) is 0 Å². The van der Waals surface area contributed by atoms with Gasteiger partial charge in [0.25, 0.3) is 6.29 Å². The minimum Gasteiger partial charge on any atom is -0.507 e. The molecule has 0 saturated heterocycles. The number of para-hydroxylation sites is 1. The second kappa shape index (κ2) is 8.88. The molecule has 2 aromatic rings. The number of hydrogen-bond donors (Lipinski definition) is 3. The second-order valence-electron chi connectivity index (χ2n) is 7.34. The van der Waals surface area contributed by atoms with E-state index in [0.29, 0.717) is 17.9 Å². The number of phenols is 1. The summed E-state index contributed by atoms with van der Waals surface area (Å²) in [5, 5.41) is 24.0. The summed E-state index contributed by atoms with van der Waals surface area (Å²) in [6.07, 6.45) is -1.93. The SMILES string of the molecule is CC(=O)OC(Oc1ccccc1)c1cc(C(O)CNC(C)(C)C)ccc1O. The van der Waals surface area contributed by atoms with Crippen LogP contribution in [-0.4, -0.2) is 28.3 Å². The van der Waals surface area contributed by atoms with E-state index in [1.54, 1.807) is 36.4 Å². The molecular weight excluding hydrogens is 346 g/mol. The van der Waals surface area contributed by atoms with Crippen LogP contribution in [0.25, 0.3) is 0 Å². The average Bonchev–Trinajstić information content (AvgIpc) is 2.59. The molecule has 0 aliphatic heterocycles. The van der Waals surface area contributed by atoms with E-state index in [1.807, 2.05) is 26.8 Å². The largest absolute Gasteiger partial charge is 0.507 e. The molecule has 0 spiro atoms. The van der Waals surface area contributed by atoms with E-state index in [4.69, 9.17) is 9.47 Å². The third-order valence-electron chi connectivity index (χ3n) is 3.78. The van der Waals surface area contributed by atoms with E-state index >= 15 is 0 Å². The van der Waals surface area contributed by atoms with Crippen LogP contribution in [0.3, 0.4) is 0 Å². The molecule has 0 aliphatic rings. The maximum absolute atomic E-state index is 11.5. The highest BCUT2D eigenvalue weighted by molar-refractivity contribution is 5.66. The van der Waals surface area contributed by atoms with Crippen LogP contribution in [0.1, 0.15) is 51.2 Å². The fourth-order valence-electron chi connectivity index (χ4n) is 2.41. The van der Waals surface area contributed by atoms with Crippen molar-refractivity contribution in [1.82, 2.24) is 5.32 Å². The Labute approximate surface area is 159 Å². The van der Waals surface area contributed by atoms with Gasteiger partial charge in [-0.2, -0.15) is 0 Å². The Bertz CT molecular complexity index is 755. The van der Waals surface area contributed by atoms with E-state index in [1.165, 1.54) is 13.0 Å². The summed E-state index contributed by atoms with van der Waals surface area (Å²) in [7, 11) is 0. The molecule has 2 aromatic carbocycles. The predicted molar refractivity (Wildman–Crippen MR) is 102 cm³/mol. The highest BCUT2D eigenvalue weighted by atomic mass is 16.7. The molecule has 6 nitrogen and oxygen atoms in total. The van der Waals surface area contributed by atoms with Gasteiger partial charge in [-0.3, -0.25) is 4.79 Å². The van der Waals surface area contributed by atoms with Crippen LogP contribution in [0.5, 0.6) is 11.5 Å². The van der Waals surface area contributed by atoms with Crippen LogP contribution < -0.4 is 10.1 Å². The first-order chi connectivity index (χ1) is 12.7. The molecule has 2 atom stereocenters. The van der Waals surface area contributed by atoms with Gasteiger partial charge >= 0.3 is 5.97 Å². The Hall–Kier alpha value is -2.57. The molecule has 2 rings (SSSR count). The van der Waals surface area contributed by atoms with Gasteiger partial charge < -0.3 is 25.0 Å². The smallest absolute Gasteiger partial charge is 0.305 e. The lowest BCUT2D eigenvalue weighted by Gasteiger charge is -2.24. The number of β-amino-alcohol motifs (C(OH)–C–C–N with tert-alkyl or cyclic N) is 1. The van der Waals surface area contributed by atoms with Crippen molar-refractivity contribution in [2.24, 2.45) is 0 Å². The number of phenolic OH excluding ortho intramolecular Hbond substituents is 1. The van der Waals surface area contributed by atoms with Crippen LogP contribution in [0, 0.1) is 0 Å². The van der Waals surface area contributed by atoms with Crippen LogP contribution in [-0.2, 0) is 9.53 Å². The fraction of sp³-hybridized carbons (Fsp3) is 0.381. The summed E-state index contributed by atoms with van der Waals surface area (Å²) in [5.74, 6) is -0.143. The van der Waals surface area contributed by atoms with Crippen LogP contribution in [0.2, 0.25) is 0 Å². The zero-order chi connectivity index (χ0) is 20.0. The number of aliphatic hydroxyl groups is 1. The topological polar surface area (TPSA) is 88.0 Å². The van der Waals surface area contributed by atoms with Gasteiger partial charge in [0, 0.05) is 19.0 Å². The van der Waals surface area contributed by atoms with Crippen molar-refractivity contribution in [2.45, 2.75) is 45.6 Å². The summed E-state index contributed by atoms with van der Waals surface area (Å²) < 4.78 is 11.0. The van der Waals surface area contributed by atoms with Crippen LogP contribution >= 0.6 is 0 Å². The molecule has 146 valence electrons. The van der Waals surface area contributed by atoms with Crippen LogP contribution in [0.15, 0.2) is 48.5 Å². The van der Waals surface area contributed by atoms with E-state index in [9.17, 15) is 15.0 Å². The molecule has 0 aliphatic carbocycles. The molecule has 6 heteroatoms. The highest BCUT2D eigenvalue weighted by Crippen LogP contribution is 2.32. The van der Waals surface area contributed by atoms with Crippen molar-refractivity contribution >= 4 is 5.97 Å². The van der Waals surface area contributed by atoms with Gasteiger partial charge in [0.1, 0.15) is 11.5 Å². The van der Waals surface area contributed by atoms with Crippen molar-refractivity contribution in [3.63, 3.8) is 0 Å². The number of benzene rings is 2. The lowest BCUT2D eigenvalue weighted by atomic mass is 10.0. The van der Waals surface area contributed by atoms with Gasteiger partial charge in [-0.15, -0.1) is 0 Å². The summed E-state index contributed by atoms with van der Waals surface area (Å²) in [6, 6.07) is 13.5. The second-order valence-corrected chi connectivity index (χ2v) is 7.34. The van der Waals surface area contributed by atoms with Crippen molar-refractivity contribution in [2.75, 3.05) is 6.54 Å².